The van der Waals surface area contributed by atoms with E-state index in [1.165, 1.54) is 0 Å². The summed E-state index contributed by atoms with van der Waals surface area (Å²) in [6.45, 7) is 3.74. The first-order chi connectivity index (χ1) is 12.0. The second kappa shape index (κ2) is 7.70. The van der Waals surface area contributed by atoms with Gasteiger partial charge in [0.05, 0.1) is 11.3 Å². The number of nitrogens with one attached hydrogen (secondary N) is 1. The third-order valence-corrected chi connectivity index (χ3v) is 4.83. The van der Waals surface area contributed by atoms with E-state index in [0.717, 1.165) is 25.9 Å². The fourth-order valence-electron chi connectivity index (χ4n) is 2.96. The molecular formula is C20H21ClN2O2. The maximum atomic E-state index is 12.8. The van der Waals surface area contributed by atoms with Crippen LogP contribution in [0.2, 0.25) is 5.02 Å². The topological polar surface area (TPSA) is 49.4 Å². The molecule has 0 unspecified atom stereocenters. The van der Waals surface area contributed by atoms with Gasteiger partial charge in [-0.05, 0) is 55.2 Å². The van der Waals surface area contributed by atoms with Crippen LogP contribution in [0.15, 0.2) is 48.5 Å². The predicted octanol–water partition coefficient (Wildman–Crippen LogP) is 4.46. The zero-order chi connectivity index (χ0) is 17.8. The van der Waals surface area contributed by atoms with Gasteiger partial charge in [-0.15, -0.1) is 0 Å². The Hall–Kier alpha value is -2.33. The van der Waals surface area contributed by atoms with Crippen molar-refractivity contribution in [2.24, 2.45) is 5.92 Å². The van der Waals surface area contributed by atoms with Gasteiger partial charge in [0.1, 0.15) is 0 Å². The van der Waals surface area contributed by atoms with Gasteiger partial charge >= 0.3 is 0 Å². The van der Waals surface area contributed by atoms with E-state index in [4.69, 9.17) is 11.6 Å². The Kier molecular flexibility index (Phi) is 5.39. The number of likely N-dealkylation sites (tertiary alicyclic amines) is 1. The van der Waals surface area contributed by atoms with E-state index < -0.39 is 0 Å². The second-order valence-electron chi connectivity index (χ2n) is 6.48. The summed E-state index contributed by atoms with van der Waals surface area (Å²) in [6, 6.07) is 13.8. The van der Waals surface area contributed by atoms with E-state index in [2.05, 4.69) is 12.2 Å². The monoisotopic (exact) mass is 356 g/mol. The smallest absolute Gasteiger partial charge is 0.255 e. The van der Waals surface area contributed by atoms with Gasteiger partial charge < -0.3 is 10.2 Å². The van der Waals surface area contributed by atoms with Gasteiger partial charge in [0.25, 0.3) is 11.8 Å². The number of anilines is 1. The lowest BCUT2D eigenvalue weighted by Crippen LogP contribution is -2.38. The van der Waals surface area contributed by atoms with Crippen LogP contribution in [0.4, 0.5) is 5.69 Å². The average Bonchev–Trinajstić information content (AvgIpc) is 2.63. The van der Waals surface area contributed by atoms with Crippen LogP contribution < -0.4 is 5.32 Å². The fourth-order valence-corrected chi connectivity index (χ4v) is 3.08. The van der Waals surface area contributed by atoms with Crippen LogP contribution in [0.3, 0.4) is 0 Å². The molecule has 3 rings (SSSR count). The predicted molar refractivity (Wildman–Crippen MR) is 100 cm³/mol. The molecule has 0 aromatic heterocycles. The van der Waals surface area contributed by atoms with Crippen molar-refractivity contribution in [1.82, 2.24) is 4.90 Å². The van der Waals surface area contributed by atoms with Gasteiger partial charge in [0.2, 0.25) is 0 Å². The number of hydrogen-bond donors (Lipinski definition) is 1. The molecule has 0 spiro atoms. The number of carbonyl (C=O) groups excluding carboxylic acids is 2. The minimum atomic E-state index is -0.260. The number of nitrogens with zero attached hydrogens (tertiary/aromatic N) is 1. The van der Waals surface area contributed by atoms with Gasteiger partial charge in [0.15, 0.2) is 0 Å². The molecule has 2 aromatic rings. The number of amides is 2. The standard InChI is InChI=1S/C20H21ClN2O2/c1-14-10-12-23(13-11-14)20(25)17-4-2-3-5-18(17)22-19(24)15-6-8-16(21)9-7-15/h2-9,14H,10-13H2,1H3,(H,22,24). The average molecular weight is 357 g/mol. The number of para-hydroxylation sites is 1. The van der Waals surface area contributed by atoms with E-state index in [1.54, 1.807) is 36.4 Å². The molecule has 1 N–H and O–H groups in total. The van der Waals surface area contributed by atoms with Gasteiger partial charge in [-0.1, -0.05) is 30.7 Å². The highest BCUT2D eigenvalue weighted by molar-refractivity contribution is 6.30. The molecule has 4 nitrogen and oxygen atoms in total. The Morgan fingerprint density at radius 3 is 2.36 bits per heavy atom. The summed E-state index contributed by atoms with van der Waals surface area (Å²) in [5.41, 5.74) is 1.56. The van der Waals surface area contributed by atoms with Crippen molar-refractivity contribution >= 4 is 29.1 Å². The normalized spacial score (nSPS) is 15.0. The molecule has 0 radical (unpaired) electrons. The number of benzene rings is 2. The van der Waals surface area contributed by atoms with Crippen molar-refractivity contribution < 1.29 is 9.59 Å². The third kappa shape index (κ3) is 4.20. The molecule has 5 heteroatoms. The quantitative estimate of drug-likeness (QED) is 0.882. The summed E-state index contributed by atoms with van der Waals surface area (Å²) in [4.78, 5) is 27.2. The van der Waals surface area contributed by atoms with Crippen molar-refractivity contribution in [1.29, 1.82) is 0 Å². The lowest BCUT2D eigenvalue weighted by atomic mass is 9.98. The molecule has 2 amide bonds. The molecule has 130 valence electrons. The zero-order valence-corrected chi connectivity index (χ0v) is 14.9. The minimum Gasteiger partial charge on any atom is -0.339 e. The molecule has 2 aromatic carbocycles. The van der Waals surface area contributed by atoms with E-state index in [9.17, 15) is 9.59 Å². The Morgan fingerprint density at radius 1 is 1.04 bits per heavy atom. The third-order valence-electron chi connectivity index (χ3n) is 4.58. The van der Waals surface area contributed by atoms with Gasteiger partial charge in [-0.2, -0.15) is 0 Å². The first kappa shape index (κ1) is 17.5. The second-order valence-corrected chi connectivity index (χ2v) is 6.92. The molecule has 0 aliphatic carbocycles. The highest BCUT2D eigenvalue weighted by atomic mass is 35.5. The van der Waals surface area contributed by atoms with E-state index >= 15 is 0 Å². The number of piperidine rings is 1. The molecule has 1 aliphatic rings. The molecule has 0 atom stereocenters. The molecule has 1 fully saturated rings. The molecule has 1 heterocycles. The molecule has 0 saturated carbocycles. The summed E-state index contributed by atoms with van der Waals surface area (Å²) in [7, 11) is 0. The molecular weight excluding hydrogens is 336 g/mol. The number of carbonyl (C=O) groups is 2. The van der Waals surface area contributed by atoms with Gasteiger partial charge in [0, 0.05) is 23.7 Å². The van der Waals surface area contributed by atoms with Gasteiger partial charge in [-0.3, -0.25) is 9.59 Å². The maximum absolute atomic E-state index is 12.8. The van der Waals surface area contributed by atoms with Crippen LogP contribution in [0.1, 0.15) is 40.5 Å². The molecule has 0 bridgehead atoms. The molecule has 1 aliphatic heterocycles. The van der Waals surface area contributed by atoms with Crippen molar-refractivity contribution in [3.05, 3.63) is 64.7 Å². The number of halogens is 1. The highest BCUT2D eigenvalue weighted by Crippen LogP contribution is 2.22. The Bertz CT molecular complexity index is 766. The summed E-state index contributed by atoms with van der Waals surface area (Å²) in [5, 5.41) is 3.42. The summed E-state index contributed by atoms with van der Waals surface area (Å²) in [6.07, 6.45) is 2.04. The van der Waals surface area contributed by atoms with E-state index in [0.29, 0.717) is 27.8 Å². The van der Waals surface area contributed by atoms with Crippen LogP contribution in [-0.2, 0) is 0 Å². The SMILES string of the molecule is CC1CCN(C(=O)c2ccccc2NC(=O)c2ccc(Cl)cc2)CC1. The summed E-state index contributed by atoms with van der Waals surface area (Å²) < 4.78 is 0. The van der Waals surface area contributed by atoms with Crippen LogP contribution in [-0.4, -0.2) is 29.8 Å². The summed E-state index contributed by atoms with van der Waals surface area (Å²) in [5.74, 6) is 0.368. The Morgan fingerprint density at radius 2 is 1.68 bits per heavy atom. The van der Waals surface area contributed by atoms with Crippen LogP contribution >= 0.6 is 11.6 Å². The van der Waals surface area contributed by atoms with Crippen LogP contribution in [0.5, 0.6) is 0 Å². The van der Waals surface area contributed by atoms with Crippen molar-refractivity contribution in [2.75, 3.05) is 18.4 Å². The van der Waals surface area contributed by atoms with Crippen molar-refractivity contribution in [3.63, 3.8) is 0 Å². The van der Waals surface area contributed by atoms with E-state index in [-0.39, 0.29) is 11.8 Å². The first-order valence-corrected chi connectivity index (χ1v) is 8.87. The van der Waals surface area contributed by atoms with Crippen LogP contribution in [0, 0.1) is 5.92 Å². The van der Waals surface area contributed by atoms with Crippen molar-refractivity contribution in [2.45, 2.75) is 19.8 Å². The largest absolute Gasteiger partial charge is 0.339 e. The van der Waals surface area contributed by atoms with Crippen LogP contribution in [0.25, 0.3) is 0 Å². The molecule has 1 saturated heterocycles. The molecule has 25 heavy (non-hydrogen) atoms. The fraction of sp³-hybridized carbons (Fsp3) is 0.300. The zero-order valence-electron chi connectivity index (χ0n) is 14.2. The summed E-state index contributed by atoms with van der Waals surface area (Å²) >= 11 is 5.86. The minimum absolute atomic E-state index is 0.0288. The highest BCUT2D eigenvalue weighted by Gasteiger charge is 2.23. The maximum Gasteiger partial charge on any atom is 0.255 e. The number of hydrogen-bond acceptors (Lipinski definition) is 2. The van der Waals surface area contributed by atoms with Crippen molar-refractivity contribution in [3.8, 4) is 0 Å². The first-order valence-electron chi connectivity index (χ1n) is 8.50. The Balaban J connectivity index is 1.77. The van der Waals surface area contributed by atoms with E-state index in [1.807, 2.05) is 17.0 Å². The van der Waals surface area contributed by atoms with Gasteiger partial charge in [-0.25, -0.2) is 0 Å². The Labute approximate surface area is 152 Å². The lowest BCUT2D eigenvalue weighted by Gasteiger charge is -2.30. The number of rotatable bonds is 3. The lowest BCUT2D eigenvalue weighted by molar-refractivity contribution is 0.0698.